The number of halogens is 3. The standard InChI is InChI=1S/C9H17F3N2O2/c1-3-14-7(8(13)15)4-5-16-6(2)9(10,11)12/h6-7,14H,3-5H2,1-2H3,(H2,13,15). The number of carbonyl (C=O) groups excluding carboxylic acids is 1. The summed E-state index contributed by atoms with van der Waals surface area (Å²) in [5.74, 6) is -0.592. The fraction of sp³-hybridized carbons (Fsp3) is 0.889. The summed E-state index contributed by atoms with van der Waals surface area (Å²) in [4.78, 5) is 10.8. The molecule has 0 bridgehead atoms. The minimum absolute atomic E-state index is 0.129. The number of alkyl halides is 3. The van der Waals surface area contributed by atoms with Crippen molar-refractivity contribution in [3.63, 3.8) is 0 Å². The van der Waals surface area contributed by atoms with E-state index in [1.807, 2.05) is 0 Å². The van der Waals surface area contributed by atoms with Gasteiger partial charge in [0.25, 0.3) is 0 Å². The zero-order chi connectivity index (χ0) is 12.8. The highest BCUT2D eigenvalue weighted by atomic mass is 19.4. The van der Waals surface area contributed by atoms with E-state index in [9.17, 15) is 18.0 Å². The first-order valence-electron chi connectivity index (χ1n) is 5.00. The summed E-state index contributed by atoms with van der Waals surface area (Å²) in [6, 6.07) is -0.648. The van der Waals surface area contributed by atoms with Crippen molar-refractivity contribution in [1.29, 1.82) is 0 Å². The Morgan fingerprint density at radius 1 is 1.50 bits per heavy atom. The lowest BCUT2D eigenvalue weighted by atomic mass is 10.2. The van der Waals surface area contributed by atoms with Crippen LogP contribution in [0.1, 0.15) is 20.3 Å². The van der Waals surface area contributed by atoms with Gasteiger partial charge in [-0.1, -0.05) is 6.92 Å². The molecule has 7 heteroatoms. The molecule has 0 aliphatic rings. The Kier molecular flexibility index (Phi) is 6.35. The van der Waals surface area contributed by atoms with E-state index in [0.717, 1.165) is 6.92 Å². The average molecular weight is 242 g/mol. The minimum atomic E-state index is -4.37. The Bertz CT molecular complexity index is 221. The third-order valence-corrected chi connectivity index (χ3v) is 2.03. The number of likely N-dealkylation sites (N-methyl/N-ethyl adjacent to an activating group) is 1. The Balaban J connectivity index is 3.91. The van der Waals surface area contributed by atoms with Crippen molar-refractivity contribution in [3.05, 3.63) is 0 Å². The predicted molar refractivity (Wildman–Crippen MR) is 52.7 cm³/mol. The normalized spacial score (nSPS) is 15.8. The maximum absolute atomic E-state index is 12.0. The molecule has 0 radical (unpaired) electrons. The first-order valence-corrected chi connectivity index (χ1v) is 5.00. The number of carbonyl (C=O) groups is 1. The van der Waals surface area contributed by atoms with Gasteiger partial charge in [-0.3, -0.25) is 4.79 Å². The van der Waals surface area contributed by atoms with E-state index in [1.54, 1.807) is 6.92 Å². The number of rotatable bonds is 7. The van der Waals surface area contributed by atoms with E-state index >= 15 is 0 Å². The Morgan fingerprint density at radius 2 is 2.06 bits per heavy atom. The molecule has 2 unspecified atom stereocenters. The number of hydrogen-bond donors (Lipinski definition) is 2. The Morgan fingerprint density at radius 3 is 2.44 bits per heavy atom. The van der Waals surface area contributed by atoms with E-state index in [0.29, 0.717) is 6.54 Å². The summed E-state index contributed by atoms with van der Waals surface area (Å²) in [6.07, 6.45) is -6.08. The molecule has 0 aromatic carbocycles. The van der Waals surface area contributed by atoms with Gasteiger partial charge in [-0.2, -0.15) is 13.2 Å². The van der Waals surface area contributed by atoms with Crippen molar-refractivity contribution in [2.75, 3.05) is 13.2 Å². The van der Waals surface area contributed by atoms with Crippen LogP contribution in [0.5, 0.6) is 0 Å². The predicted octanol–water partition coefficient (Wildman–Crippen LogP) is 0.807. The molecule has 0 aliphatic heterocycles. The third-order valence-electron chi connectivity index (χ3n) is 2.03. The van der Waals surface area contributed by atoms with Crippen LogP contribution in [0.2, 0.25) is 0 Å². The van der Waals surface area contributed by atoms with Gasteiger partial charge in [0.05, 0.1) is 6.04 Å². The van der Waals surface area contributed by atoms with E-state index in [4.69, 9.17) is 5.73 Å². The SMILES string of the molecule is CCNC(CCOC(C)C(F)(F)F)C(N)=O. The molecule has 0 fully saturated rings. The topological polar surface area (TPSA) is 64.3 Å². The van der Waals surface area contributed by atoms with Crippen molar-refractivity contribution in [3.8, 4) is 0 Å². The molecule has 1 amide bonds. The molecule has 3 N–H and O–H groups in total. The van der Waals surface area contributed by atoms with Gasteiger partial charge in [-0.25, -0.2) is 0 Å². The molecule has 0 saturated heterocycles. The van der Waals surface area contributed by atoms with Gasteiger partial charge in [0, 0.05) is 6.61 Å². The van der Waals surface area contributed by atoms with Gasteiger partial charge in [0.1, 0.15) is 0 Å². The van der Waals surface area contributed by atoms with Gasteiger partial charge >= 0.3 is 6.18 Å². The second kappa shape index (κ2) is 6.70. The highest BCUT2D eigenvalue weighted by molar-refractivity contribution is 5.79. The van der Waals surface area contributed by atoms with E-state index in [2.05, 4.69) is 10.1 Å². The third kappa shape index (κ3) is 5.92. The Hall–Kier alpha value is -0.820. The first kappa shape index (κ1) is 15.2. The molecule has 0 aromatic heterocycles. The van der Waals surface area contributed by atoms with Crippen molar-refractivity contribution >= 4 is 5.91 Å². The largest absolute Gasteiger partial charge is 0.414 e. The molecule has 16 heavy (non-hydrogen) atoms. The number of ether oxygens (including phenoxy) is 1. The number of amides is 1. The molecule has 0 rings (SSSR count). The lowest BCUT2D eigenvalue weighted by Gasteiger charge is -2.18. The van der Waals surface area contributed by atoms with E-state index in [-0.39, 0.29) is 13.0 Å². The zero-order valence-corrected chi connectivity index (χ0v) is 9.30. The van der Waals surface area contributed by atoms with Crippen LogP contribution >= 0.6 is 0 Å². The maximum atomic E-state index is 12.0. The number of nitrogens with two attached hydrogens (primary N) is 1. The first-order chi connectivity index (χ1) is 7.29. The maximum Gasteiger partial charge on any atom is 0.414 e. The highest BCUT2D eigenvalue weighted by Gasteiger charge is 2.36. The molecule has 0 saturated carbocycles. The van der Waals surface area contributed by atoms with Gasteiger partial charge < -0.3 is 15.8 Å². The van der Waals surface area contributed by atoms with E-state index < -0.39 is 24.2 Å². The minimum Gasteiger partial charge on any atom is -0.369 e. The fourth-order valence-corrected chi connectivity index (χ4v) is 1.05. The van der Waals surface area contributed by atoms with Crippen molar-refractivity contribution in [2.24, 2.45) is 5.73 Å². The molecule has 0 aliphatic carbocycles. The van der Waals surface area contributed by atoms with Gasteiger partial charge in [-0.15, -0.1) is 0 Å². The quantitative estimate of drug-likeness (QED) is 0.694. The summed E-state index contributed by atoms with van der Waals surface area (Å²) in [7, 11) is 0. The molecule has 0 spiro atoms. The molecule has 2 atom stereocenters. The lowest BCUT2D eigenvalue weighted by molar-refractivity contribution is -0.214. The molecule has 96 valence electrons. The fourth-order valence-electron chi connectivity index (χ4n) is 1.05. The molecule has 4 nitrogen and oxygen atoms in total. The second-order valence-corrected chi connectivity index (χ2v) is 3.36. The lowest BCUT2D eigenvalue weighted by Crippen LogP contribution is -2.42. The van der Waals surface area contributed by atoms with Crippen LogP contribution in [0.4, 0.5) is 13.2 Å². The van der Waals surface area contributed by atoms with Crippen LogP contribution in [-0.4, -0.2) is 37.4 Å². The number of nitrogens with one attached hydrogen (secondary N) is 1. The van der Waals surface area contributed by atoms with Gasteiger partial charge in [0.15, 0.2) is 6.10 Å². The van der Waals surface area contributed by atoms with Crippen LogP contribution < -0.4 is 11.1 Å². The summed E-state index contributed by atoms with van der Waals surface area (Å²) < 4.78 is 40.7. The second-order valence-electron chi connectivity index (χ2n) is 3.36. The van der Waals surface area contributed by atoms with Crippen LogP contribution in [0.3, 0.4) is 0 Å². The summed E-state index contributed by atoms with van der Waals surface area (Å²) in [5.41, 5.74) is 5.05. The summed E-state index contributed by atoms with van der Waals surface area (Å²) in [5, 5.41) is 2.76. The van der Waals surface area contributed by atoms with Crippen LogP contribution in [0.15, 0.2) is 0 Å². The highest BCUT2D eigenvalue weighted by Crippen LogP contribution is 2.22. The van der Waals surface area contributed by atoms with Gasteiger partial charge in [-0.05, 0) is 19.9 Å². The molecule has 0 aromatic rings. The number of primary amides is 1. The van der Waals surface area contributed by atoms with Crippen LogP contribution in [-0.2, 0) is 9.53 Å². The average Bonchev–Trinajstić information content (AvgIpc) is 2.14. The summed E-state index contributed by atoms with van der Waals surface area (Å²) >= 11 is 0. The van der Waals surface area contributed by atoms with Crippen LogP contribution in [0.25, 0.3) is 0 Å². The summed E-state index contributed by atoms with van der Waals surface area (Å²) in [6.45, 7) is 3.05. The van der Waals surface area contributed by atoms with E-state index in [1.165, 1.54) is 0 Å². The molecular weight excluding hydrogens is 225 g/mol. The number of hydrogen-bond acceptors (Lipinski definition) is 3. The van der Waals surface area contributed by atoms with Crippen molar-refractivity contribution in [2.45, 2.75) is 38.6 Å². The monoisotopic (exact) mass is 242 g/mol. The smallest absolute Gasteiger partial charge is 0.369 e. The molecule has 0 heterocycles. The Labute approximate surface area is 92.3 Å². The zero-order valence-electron chi connectivity index (χ0n) is 9.30. The van der Waals surface area contributed by atoms with Crippen molar-refractivity contribution < 1.29 is 22.7 Å². The van der Waals surface area contributed by atoms with Crippen molar-refractivity contribution in [1.82, 2.24) is 5.32 Å². The molecular formula is C9H17F3N2O2. The van der Waals surface area contributed by atoms with Gasteiger partial charge in [0.2, 0.25) is 5.91 Å². The van der Waals surface area contributed by atoms with Crippen LogP contribution in [0, 0.1) is 0 Å².